The fraction of sp³-hybridized carbons (Fsp3) is 0.263. The standard InChI is InChI=1S/C19H22N2O4/c1-3-4-11-20-18(23)14-7-5-6-8-16(14)21-19(24)15-12-13(25-2)9-10-17(15)22/h5-10,12,22H,3-4,11H2,1-2H3,(H,20,23)(H,21,24). The van der Waals surface area contributed by atoms with Gasteiger partial charge in [-0.25, -0.2) is 0 Å². The second-order valence-corrected chi connectivity index (χ2v) is 5.49. The maximum absolute atomic E-state index is 12.5. The first-order valence-electron chi connectivity index (χ1n) is 8.12. The summed E-state index contributed by atoms with van der Waals surface area (Å²) < 4.78 is 5.07. The predicted octanol–water partition coefficient (Wildman–Crippen LogP) is 3.18. The molecule has 2 rings (SSSR count). The van der Waals surface area contributed by atoms with E-state index in [1.807, 2.05) is 6.92 Å². The molecule has 0 aromatic heterocycles. The van der Waals surface area contributed by atoms with Gasteiger partial charge in [0, 0.05) is 6.54 Å². The quantitative estimate of drug-likeness (QED) is 0.674. The molecule has 0 saturated heterocycles. The maximum Gasteiger partial charge on any atom is 0.259 e. The van der Waals surface area contributed by atoms with Crippen LogP contribution in [0.2, 0.25) is 0 Å². The fourth-order valence-corrected chi connectivity index (χ4v) is 2.28. The van der Waals surface area contributed by atoms with Gasteiger partial charge < -0.3 is 20.5 Å². The number of nitrogens with one attached hydrogen (secondary N) is 2. The van der Waals surface area contributed by atoms with Crippen molar-refractivity contribution in [1.29, 1.82) is 0 Å². The largest absolute Gasteiger partial charge is 0.507 e. The van der Waals surface area contributed by atoms with Gasteiger partial charge in [0.15, 0.2) is 0 Å². The summed E-state index contributed by atoms with van der Waals surface area (Å²) in [7, 11) is 1.48. The number of carbonyl (C=O) groups is 2. The number of aromatic hydroxyl groups is 1. The first-order chi connectivity index (χ1) is 12.1. The number of anilines is 1. The highest BCUT2D eigenvalue weighted by atomic mass is 16.5. The molecular weight excluding hydrogens is 320 g/mol. The molecule has 0 heterocycles. The van der Waals surface area contributed by atoms with E-state index >= 15 is 0 Å². The molecule has 0 aliphatic carbocycles. The highest BCUT2D eigenvalue weighted by Gasteiger charge is 2.16. The van der Waals surface area contributed by atoms with Crippen LogP contribution in [0, 0.1) is 0 Å². The molecule has 2 aromatic rings. The van der Waals surface area contributed by atoms with Crippen LogP contribution in [0.1, 0.15) is 40.5 Å². The van der Waals surface area contributed by atoms with E-state index in [4.69, 9.17) is 4.74 Å². The zero-order valence-corrected chi connectivity index (χ0v) is 14.3. The summed E-state index contributed by atoms with van der Waals surface area (Å²) in [5, 5.41) is 15.4. The predicted molar refractivity (Wildman–Crippen MR) is 96.3 cm³/mol. The van der Waals surface area contributed by atoms with Gasteiger partial charge in [0.1, 0.15) is 11.5 Å². The van der Waals surface area contributed by atoms with E-state index in [1.165, 1.54) is 19.2 Å². The molecule has 132 valence electrons. The van der Waals surface area contributed by atoms with Crippen LogP contribution in [0.15, 0.2) is 42.5 Å². The van der Waals surface area contributed by atoms with Crippen LogP contribution in [0.3, 0.4) is 0 Å². The third kappa shape index (κ3) is 4.73. The van der Waals surface area contributed by atoms with Crippen LogP contribution < -0.4 is 15.4 Å². The minimum absolute atomic E-state index is 0.0699. The minimum Gasteiger partial charge on any atom is -0.507 e. The molecule has 25 heavy (non-hydrogen) atoms. The van der Waals surface area contributed by atoms with E-state index in [0.717, 1.165) is 12.8 Å². The first-order valence-corrected chi connectivity index (χ1v) is 8.12. The van der Waals surface area contributed by atoms with Gasteiger partial charge in [-0.2, -0.15) is 0 Å². The monoisotopic (exact) mass is 342 g/mol. The van der Waals surface area contributed by atoms with Gasteiger partial charge in [0.25, 0.3) is 11.8 Å². The number of unbranched alkanes of at least 4 members (excludes halogenated alkanes) is 1. The summed E-state index contributed by atoms with van der Waals surface area (Å²) in [5.74, 6) is -0.485. The van der Waals surface area contributed by atoms with Crippen molar-refractivity contribution in [2.45, 2.75) is 19.8 Å². The second kappa shape index (κ2) is 8.73. The molecule has 6 nitrogen and oxygen atoms in total. The molecular formula is C19H22N2O4. The Bertz CT molecular complexity index is 759. The van der Waals surface area contributed by atoms with Crippen molar-refractivity contribution in [2.24, 2.45) is 0 Å². The van der Waals surface area contributed by atoms with Crippen molar-refractivity contribution in [3.05, 3.63) is 53.6 Å². The third-order valence-corrected chi connectivity index (χ3v) is 3.68. The normalized spacial score (nSPS) is 10.2. The minimum atomic E-state index is -0.523. The van der Waals surface area contributed by atoms with Crippen molar-refractivity contribution in [3.8, 4) is 11.5 Å². The first kappa shape index (κ1) is 18.3. The smallest absolute Gasteiger partial charge is 0.259 e. The van der Waals surface area contributed by atoms with Gasteiger partial charge >= 0.3 is 0 Å². The Balaban J connectivity index is 2.20. The SMILES string of the molecule is CCCCNC(=O)c1ccccc1NC(=O)c1cc(OC)ccc1O. The van der Waals surface area contributed by atoms with Crippen LogP contribution >= 0.6 is 0 Å². The summed E-state index contributed by atoms with van der Waals surface area (Å²) >= 11 is 0. The molecule has 0 spiro atoms. The molecule has 0 aliphatic heterocycles. The zero-order valence-electron chi connectivity index (χ0n) is 14.3. The highest BCUT2D eigenvalue weighted by molar-refractivity contribution is 6.10. The van der Waals surface area contributed by atoms with Crippen molar-refractivity contribution in [3.63, 3.8) is 0 Å². The van der Waals surface area contributed by atoms with E-state index in [9.17, 15) is 14.7 Å². The van der Waals surface area contributed by atoms with E-state index in [0.29, 0.717) is 23.5 Å². The number of hydrogen-bond donors (Lipinski definition) is 3. The lowest BCUT2D eigenvalue weighted by Gasteiger charge is -2.12. The molecule has 0 atom stereocenters. The number of para-hydroxylation sites is 1. The highest BCUT2D eigenvalue weighted by Crippen LogP contribution is 2.24. The Morgan fingerprint density at radius 2 is 1.84 bits per heavy atom. The van der Waals surface area contributed by atoms with E-state index < -0.39 is 5.91 Å². The topological polar surface area (TPSA) is 87.7 Å². The number of ether oxygens (including phenoxy) is 1. The second-order valence-electron chi connectivity index (χ2n) is 5.49. The Morgan fingerprint density at radius 3 is 2.56 bits per heavy atom. The van der Waals surface area contributed by atoms with Gasteiger partial charge in [-0.1, -0.05) is 25.5 Å². The number of phenols is 1. The Hall–Kier alpha value is -3.02. The Labute approximate surface area is 146 Å². The summed E-state index contributed by atoms with van der Waals surface area (Å²) in [6.45, 7) is 2.62. The number of carbonyl (C=O) groups excluding carboxylic acids is 2. The molecule has 0 bridgehead atoms. The summed E-state index contributed by atoms with van der Waals surface area (Å²) in [6, 6.07) is 11.1. The third-order valence-electron chi connectivity index (χ3n) is 3.68. The summed E-state index contributed by atoms with van der Waals surface area (Å²) in [4.78, 5) is 24.8. The number of methoxy groups -OCH3 is 1. The summed E-state index contributed by atoms with van der Waals surface area (Å²) in [5.41, 5.74) is 0.818. The lowest BCUT2D eigenvalue weighted by Crippen LogP contribution is -2.26. The molecule has 3 N–H and O–H groups in total. The lowest BCUT2D eigenvalue weighted by atomic mass is 10.1. The molecule has 0 fully saturated rings. The van der Waals surface area contributed by atoms with Gasteiger partial charge in [0.2, 0.25) is 0 Å². The van der Waals surface area contributed by atoms with E-state index in [-0.39, 0.29) is 17.2 Å². The lowest BCUT2D eigenvalue weighted by molar-refractivity contribution is 0.0954. The van der Waals surface area contributed by atoms with Crippen molar-refractivity contribution in [2.75, 3.05) is 19.0 Å². The molecule has 0 saturated carbocycles. The van der Waals surface area contributed by atoms with Gasteiger partial charge in [-0.3, -0.25) is 9.59 Å². The average Bonchev–Trinajstić information content (AvgIpc) is 2.62. The van der Waals surface area contributed by atoms with E-state index in [1.54, 1.807) is 30.3 Å². The Kier molecular flexibility index (Phi) is 6.39. The molecule has 6 heteroatoms. The van der Waals surface area contributed by atoms with E-state index in [2.05, 4.69) is 10.6 Å². The van der Waals surface area contributed by atoms with Crippen molar-refractivity contribution >= 4 is 17.5 Å². The molecule has 0 unspecified atom stereocenters. The number of hydrogen-bond acceptors (Lipinski definition) is 4. The molecule has 0 aliphatic rings. The van der Waals surface area contributed by atoms with Gasteiger partial charge in [0.05, 0.1) is 23.9 Å². The average molecular weight is 342 g/mol. The number of amides is 2. The van der Waals surface area contributed by atoms with Crippen LogP contribution in [0.5, 0.6) is 11.5 Å². The number of rotatable bonds is 7. The van der Waals surface area contributed by atoms with Gasteiger partial charge in [-0.05, 0) is 36.8 Å². The van der Waals surface area contributed by atoms with Gasteiger partial charge in [-0.15, -0.1) is 0 Å². The number of benzene rings is 2. The van der Waals surface area contributed by atoms with Crippen LogP contribution in [0.4, 0.5) is 5.69 Å². The van der Waals surface area contributed by atoms with Crippen molar-refractivity contribution < 1.29 is 19.4 Å². The number of phenolic OH excluding ortho intramolecular Hbond substituents is 1. The molecule has 2 aromatic carbocycles. The van der Waals surface area contributed by atoms with Crippen LogP contribution in [-0.2, 0) is 0 Å². The maximum atomic E-state index is 12.5. The van der Waals surface area contributed by atoms with Crippen molar-refractivity contribution in [1.82, 2.24) is 5.32 Å². The molecule has 0 radical (unpaired) electrons. The van der Waals surface area contributed by atoms with Crippen LogP contribution in [0.25, 0.3) is 0 Å². The fourth-order valence-electron chi connectivity index (χ4n) is 2.28. The van der Waals surface area contributed by atoms with Crippen LogP contribution in [-0.4, -0.2) is 30.6 Å². The summed E-state index contributed by atoms with van der Waals surface area (Å²) in [6.07, 6.45) is 1.87. The Morgan fingerprint density at radius 1 is 1.08 bits per heavy atom. The molecule has 2 amide bonds. The zero-order chi connectivity index (χ0) is 18.2.